The molecule has 0 aliphatic rings. The van der Waals surface area contributed by atoms with Crippen molar-refractivity contribution in [2.24, 2.45) is 0 Å². The molecule has 2 aromatic rings. The van der Waals surface area contributed by atoms with Crippen LogP contribution < -0.4 is 10.6 Å². The zero-order chi connectivity index (χ0) is 15.6. The van der Waals surface area contributed by atoms with Crippen molar-refractivity contribution in [3.05, 3.63) is 45.1 Å². The van der Waals surface area contributed by atoms with Crippen molar-refractivity contribution >= 4 is 40.2 Å². The highest BCUT2D eigenvalue weighted by Gasteiger charge is 2.18. The lowest BCUT2D eigenvalue weighted by molar-refractivity contribution is 0.0787. The third-order valence-electron chi connectivity index (χ3n) is 3.10. The van der Waals surface area contributed by atoms with Crippen LogP contribution in [-0.2, 0) is 6.54 Å². The molecule has 0 saturated carbocycles. The van der Waals surface area contributed by atoms with Crippen LogP contribution in [0.3, 0.4) is 0 Å². The molecule has 0 unspecified atom stereocenters. The highest BCUT2D eigenvalue weighted by molar-refractivity contribution is 7.16. The number of carbonyl (C=O) groups is 1. The lowest BCUT2D eigenvalue weighted by Gasteiger charge is -2.22. The molecule has 0 saturated heterocycles. The van der Waals surface area contributed by atoms with Gasteiger partial charge >= 0.3 is 0 Å². The maximum absolute atomic E-state index is 12.6. The number of carbonyl (C=O) groups excluding carboxylic acids is 1. The molecule has 1 amide bonds. The van der Waals surface area contributed by atoms with Gasteiger partial charge in [0.15, 0.2) is 0 Å². The van der Waals surface area contributed by atoms with Crippen LogP contribution in [0.5, 0.6) is 0 Å². The average Bonchev–Trinajstić information content (AvgIpc) is 2.82. The fraction of sp³-hybridized carbons (Fsp3) is 0.267. The number of benzene rings is 1. The molecule has 1 aromatic heterocycles. The Morgan fingerprint density at radius 2 is 1.95 bits per heavy atom. The lowest BCUT2D eigenvalue weighted by Crippen LogP contribution is -2.27. The summed E-state index contributed by atoms with van der Waals surface area (Å²) >= 11 is 7.40. The first kappa shape index (κ1) is 15.7. The van der Waals surface area contributed by atoms with Crippen molar-refractivity contribution in [2.45, 2.75) is 6.54 Å². The van der Waals surface area contributed by atoms with Crippen LogP contribution >= 0.6 is 22.9 Å². The largest absolute Gasteiger partial charge is 0.399 e. The van der Waals surface area contributed by atoms with E-state index in [-0.39, 0.29) is 5.91 Å². The highest BCUT2D eigenvalue weighted by Crippen LogP contribution is 2.25. The Morgan fingerprint density at radius 3 is 2.52 bits per heavy atom. The Morgan fingerprint density at radius 1 is 1.24 bits per heavy atom. The molecule has 0 atom stereocenters. The molecule has 2 rings (SSSR count). The normalized spacial score (nSPS) is 10.5. The topological polar surface area (TPSA) is 49.6 Å². The van der Waals surface area contributed by atoms with E-state index in [2.05, 4.69) is 0 Å². The van der Waals surface area contributed by atoms with Crippen LogP contribution in [-0.4, -0.2) is 32.0 Å². The first-order valence-electron chi connectivity index (χ1n) is 6.45. The minimum Gasteiger partial charge on any atom is -0.399 e. The van der Waals surface area contributed by atoms with Gasteiger partial charge in [0.05, 0.1) is 16.4 Å². The summed E-state index contributed by atoms with van der Waals surface area (Å²) in [6, 6.07) is 9.15. The van der Waals surface area contributed by atoms with Gasteiger partial charge in [0, 0.05) is 37.4 Å². The number of hydrogen-bond acceptors (Lipinski definition) is 4. The summed E-state index contributed by atoms with van der Waals surface area (Å²) in [6.45, 7) is 0.526. The quantitative estimate of drug-likeness (QED) is 0.878. The Kier molecular flexibility index (Phi) is 4.75. The summed E-state index contributed by atoms with van der Waals surface area (Å²) in [6.07, 6.45) is 0. The number of hydrogen-bond donors (Lipinski definition) is 1. The smallest absolute Gasteiger partial charge is 0.256 e. The van der Waals surface area contributed by atoms with E-state index >= 15 is 0 Å². The molecule has 0 spiro atoms. The zero-order valence-corrected chi connectivity index (χ0v) is 13.8. The number of rotatable bonds is 4. The molecule has 2 N–H and O–H groups in total. The fourth-order valence-corrected chi connectivity index (χ4v) is 3.20. The number of halogens is 1. The predicted molar refractivity (Wildman–Crippen MR) is 90.3 cm³/mol. The van der Waals surface area contributed by atoms with Crippen LogP contribution in [0.2, 0.25) is 4.34 Å². The van der Waals surface area contributed by atoms with Gasteiger partial charge in [0.2, 0.25) is 0 Å². The SMILES string of the molecule is CN(Cc1ccc(Cl)s1)C(=O)c1cc(N)ccc1N(C)C. The maximum atomic E-state index is 12.6. The molecule has 6 heteroatoms. The molecule has 0 bridgehead atoms. The van der Waals surface area contributed by atoms with Crippen molar-refractivity contribution in [2.75, 3.05) is 31.8 Å². The van der Waals surface area contributed by atoms with E-state index in [9.17, 15) is 4.79 Å². The van der Waals surface area contributed by atoms with E-state index in [0.29, 0.717) is 17.8 Å². The van der Waals surface area contributed by atoms with Gasteiger partial charge in [0.1, 0.15) is 0 Å². The Labute approximate surface area is 133 Å². The second-order valence-corrected chi connectivity index (χ2v) is 6.84. The van der Waals surface area contributed by atoms with Crippen molar-refractivity contribution in [3.8, 4) is 0 Å². The number of nitrogens with two attached hydrogens (primary N) is 1. The van der Waals surface area contributed by atoms with Gasteiger partial charge < -0.3 is 15.5 Å². The van der Waals surface area contributed by atoms with Crippen molar-refractivity contribution < 1.29 is 4.79 Å². The first-order valence-corrected chi connectivity index (χ1v) is 7.64. The number of nitrogens with zero attached hydrogens (tertiary/aromatic N) is 2. The van der Waals surface area contributed by atoms with Gasteiger partial charge in [-0.05, 0) is 30.3 Å². The van der Waals surface area contributed by atoms with Gasteiger partial charge in [-0.3, -0.25) is 4.79 Å². The summed E-state index contributed by atoms with van der Waals surface area (Å²) in [7, 11) is 5.58. The third-order valence-corrected chi connectivity index (χ3v) is 4.32. The Hall–Kier alpha value is -1.72. The van der Waals surface area contributed by atoms with Crippen LogP contribution in [0.15, 0.2) is 30.3 Å². The second-order valence-electron chi connectivity index (χ2n) is 5.04. The van der Waals surface area contributed by atoms with E-state index < -0.39 is 0 Å². The highest BCUT2D eigenvalue weighted by atomic mass is 35.5. The Balaban J connectivity index is 2.24. The average molecular weight is 324 g/mol. The second kappa shape index (κ2) is 6.37. The first-order chi connectivity index (χ1) is 9.88. The van der Waals surface area contributed by atoms with E-state index in [4.69, 9.17) is 17.3 Å². The molecule has 112 valence electrons. The molecular formula is C15H18ClN3OS. The minimum atomic E-state index is -0.0597. The van der Waals surface area contributed by atoms with Crippen LogP contribution in [0, 0.1) is 0 Å². The summed E-state index contributed by atoms with van der Waals surface area (Å²) in [5.74, 6) is -0.0597. The van der Waals surface area contributed by atoms with Gasteiger partial charge in [0.25, 0.3) is 5.91 Å². The van der Waals surface area contributed by atoms with E-state index in [0.717, 1.165) is 14.9 Å². The van der Waals surface area contributed by atoms with Crippen molar-refractivity contribution in [1.82, 2.24) is 4.90 Å². The van der Waals surface area contributed by atoms with Crippen LogP contribution in [0.25, 0.3) is 0 Å². The molecular weight excluding hydrogens is 306 g/mol. The third kappa shape index (κ3) is 3.68. The minimum absolute atomic E-state index is 0.0597. The monoisotopic (exact) mass is 323 g/mol. The van der Waals surface area contributed by atoms with Crippen molar-refractivity contribution in [1.29, 1.82) is 0 Å². The molecule has 4 nitrogen and oxygen atoms in total. The summed E-state index contributed by atoms with van der Waals surface area (Å²) < 4.78 is 0.726. The predicted octanol–water partition coefficient (Wildman–Crippen LogP) is 3.32. The molecule has 1 heterocycles. The number of amides is 1. The summed E-state index contributed by atoms with van der Waals surface area (Å²) in [5, 5.41) is 0. The number of nitrogen functional groups attached to an aromatic ring is 1. The molecule has 1 aromatic carbocycles. The van der Waals surface area contributed by atoms with Gasteiger partial charge in [-0.25, -0.2) is 0 Å². The lowest BCUT2D eigenvalue weighted by atomic mass is 10.1. The molecule has 0 aliphatic carbocycles. The maximum Gasteiger partial charge on any atom is 0.256 e. The summed E-state index contributed by atoms with van der Waals surface area (Å²) in [4.78, 5) is 17.3. The molecule has 21 heavy (non-hydrogen) atoms. The molecule has 0 fully saturated rings. The van der Waals surface area contributed by atoms with Crippen molar-refractivity contribution in [3.63, 3.8) is 0 Å². The fourth-order valence-electron chi connectivity index (χ4n) is 2.06. The van der Waals surface area contributed by atoms with E-state index in [1.807, 2.05) is 37.2 Å². The van der Waals surface area contributed by atoms with E-state index in [1.54, 1.807) is 24.1 Å². The number of thiophene rings is 1. The molecule has 0 aliphatic heterocycles. The summed E-state index contributed by atoms with van der Waals surface area (Å²) in [5.41, 5.74) is 7.85. The van der Waals surface area contributed by atoms with Gasteiger partial charge in [-0.15, -0.1) is 11.3 Å². The van der Waals surface area contributed by atoms with E-state index in [1.165, 1.54) is 11.3 Å². The number of anilines is 2. The zero-order valence-electron chi connectivity index (χ0n) is 12.3. The van der Waals surface area contributed by atoms with Gasteiger partial charge in [-0.2, -0.15) is 0 Å². The molecule has 0 radical (unpaired) electrons. The standard InChI is InChI=1S/C15H18ClN3OS/c1-18(2)13-6-4-10(17)8-12(13)15(20)19(3)9-11-5-7-14(16)21-11/h4-8H,9,17H2,1-3H3. The van der Waals surface area contributed by atoms with Crippen LogP contribution in [0.4, 0.5) is 11.4 Å². The Bertz CT molecular complexity index is 654. The van der Waals surface area contributed by atoms with Gasteiger partial charge in [-0.1, -0.05) is 11.6 Å². The van der Waals surface area contributed by atoms with Crippen LogP contribution in [0.1, 0.15) is 15.2 Å².